The van der Waals surface area contributed by atoms with Crippen LogP contribution in [0.25, 0.3) is 0 Å². The predicted octanol–water partition coefficient (Wildman–Crippen LogP) is 2.02. The summed E-state index contributed by atoms with van der Waals surface area (Å²) in [6.07, 6.45) is 8.82. The quantitative estimate of drug-likeness (QED) is 0.828. The summed E-state index contributed by atoms with van der Waals surface area (Å²) in [7, 11) is 1.84. The van der Waals surface area contributed by atoms with Crippen molar-refractivity contribution in [3.05, 3.63) is 0 Å². The van der Waals surface area contributed by atoms with Gasteiger partial charge in [0.05, 0.1) is 6.10 Å². The van der Waals surface area contributed by atoms with Crippen molar-refractivity contribution < 1.29 is 4.74 Å². The van der Waals surface area contributed by atoms with Gasteiger partial charge in [-0.25, -0.2) is 0 Å². The Morgan fingerprint density at radius 3 is 2.67 bits per heavy atom. The van der Waals surface area contributed by atoms with E-state index in [9.17, 15) is 0 Å². The Labute approximate surface area is 111 Å². The lowest BCUT2D eigenvalue weighted by Crippen LogP contribution is -2.64. The van der Waals surface area contributed by atoms with Crippen LogP contribution in [-0.4, -0.2) is 49.3 Å². The van der Waals surface area contributed by atoms with Crippen molar-refractivity contribution in [3.63, 3.8) is 0 Å². The minimum absolute atomic E-state index is 0.364. The summed E-state index contributed by atoms with van der Waals surface area (Å²) in [6, 6.07) is 0.772. The number of piperazine rings is 1. The smallest absolute Gasteiger partial charge is 0.0670 e. The van der Waals surface area contributed by atoms with E-state index in [0.717, 1.165) is 18.5 Å². The van der Waals surface area contributed by atoms with E-state index < -0.39 is 0 Å². The molecule has 0 amide bonds. The third kappa shape index (κ3) is 2.59. The van der Waals surface area contributed by atoms with E-state index in [2.05, 4.69) is 17.1 Å². The topological polar surface area (TPSA) is 24.5 Å². The zero-order valence-corrected chi connectivity index (χ0v) is 12.0. The third-order valence-corrected chi connectivity index (χ3v) is 5.28. The van der Waals surface area contributed by atoms with Gasteiger partial charge >= 0.3 is 0 Å². The van der Waals surface area contributed by atoms with Crippen LogP contribution in [0.15, 0.2) is 0 Å². The van der Waals surface area contributed by atoms with Crippen LogP contribution < -0.4 is 5.32 Å². The molecule has 3 aliphatic rings. The highest BCUT2D eigenvalue weighted by Crippen LogP contribution is 2.40. The van der Waals surface area contributed by atoms with Gasteiger partial charge in [-0.1, -0.05) is 12.8 Å². The van der Waals surface area contributed by atoms with E-state index in [0.29, 0.717) is 11.6 Å². The van der Waals surface area contributed by atoms with E-state index in [-0.39, 0.29) is 0 Å². The van der Waals surface area contributed by atoms with Crippen LogP contribution in [0.2, 0.25) is 0 Å². The second-order valence-corrected chi connectivity index (χ2v) is 6.75. The van der Waals surface area contributed by atoms with Gasteiger partial charge in [0.1, 0.15) is 0 Å². The molecule has 0 radical (unpaired) electrons. The normalized spacial score (nSPS) is 34.0. The molecular formula is C15H28N2O. The lowest BCUT2D eigenvalue weighted by molar-refractivity contribution is 0.0151. The Kier molecular flexibility index (Phi) is 3.65. The molecule has 0 bridgehead atoms. The van der Waals surface area contributed by atoms with Crippen molar-refractivity contribution in [1.29, 1.82) is 0 Å². The first-order valence-corrected chi connectivity index (χ1v) is 7.74. The lowest BCUT2D eigenvalue weighted by Gasteiger charge is -2.47. The first-order chi connectivity index (χ1) is 8.72. The van der Waals surface area contributed by atoms with Gasteiger partial charge < -0.3 is 10.1 Å². The van der Waals surface area contributed by atoms with Crippen LogP contribution in [0.1, 0.15) is 45.4 Å². The van der Waals surface area contributed by atoms with E-state index >= 15 is 0 Å². The second-order valence-electron chi connectivity index (χ2n) is 6.75. The largest absolute Gasteiger partial charge is 0.380 e. The second kappa shape index (κ2) is 5.10. The highest BCUT2D eigenvalue weighted by molar-refractivity contribution is 5.04. The maximum Gasteiger partial charge on any atom is 0.0670 e. The van der Waals surface area contributed by atoms with Gasteiger partial charge in [0.15, 0.2) is 0 Å². The summed E-state index contributed by atoms with van der Waals surface area (Å²) < 4.78 is 5.49. The molecule has 1 heterocycles. The van der Waals surface area contributed by atoms with E-state index in [1.54, 1.807) is 0 Å². The highest BCUT2D eigenvalue weighted by Gasteiger charge is 2.45. The number of nitrogens with zero attached hydrogens (tertiary/aromatic N) is 1. The maximum absolute atomic E-state index is 5.49. The first-order valence-electron chi connectivity index (χ1n) is 7.74. The van der Waals surface area contributed by atoms with Crippen LogP contribution in [0.4, 0.5) is 0 Å². The van der Waals surface area contributed by atoms with Gasteiger partial charge in [-0.3, -0.25) is 4.90 Å². The molecule has 3 heteroatoms. The van der Waals surface area contributed by atoms with Crippen molar-refractivity contribution in [2.45, 2.75) is 63.1 Å². The fourth-order valence-corrected chi connectivity index (χ4v) is 3.95. The minimum Gasteiger partial charge on any atom is -0.380 e. The van der Waals surface area contributed by atoms with Crippen LogP contribution in [0, 0.1) is 5.92 Å². The average molecular weight is 252 g/mol. The highest BCUT2D eigenvalue weighted by atomic mass is 16.5. The number of methoxy groups -OCH3 is 1. The Bertz CT molecular complexity index is 284. The van der Waals surface area contributed by atoms with Gasteiger partial charge in [-0.2, -0.15) is 0 Å². The van der Waals surface area contributed by atoms with Gasteiger partial charge in [-0.15, -0.1) is 0 Å². The van der Waals surface area contributed by atoms with E-state index in [1.807, 2.05) is 7.11 Å². The molecule has 0 aromatic carbocycles. The molecule has 2 unspecified atom stereocenters. The summed E-state index contributed by atoms with van der Waals surface area (Å²) in [4.78, 5) is 2.74. The molecule has 2 atom stereocenters. The Morgan fingerprint density at radius 1 is 1.33 bits per heavy atom. The molecule has 0 aromatic rings. The van der Waals surface area contributed by atoms with Gasteiger partial charge in [0.2, 0.25) is 0 Å². The van der Waals surface area contributed by atoms with Crippen LogP contribution in [-0.2, 0) is 4.74 Å². The standard InChI is InChI=1S/C15H28N2O/c1-12(18-2)10-17-11-15(7-3-4-8-15)16-9-14(17)13-5-6-13/h12-14,16H,3-11H2,1-2H3. The molecule has 1 N–H and O–H groups in total. The Morgan fingerprint density at radius 2 is 2.06 bits per heavy atom. The van der Waals surface area contributed by atoms with Crippen molar-refractivity contribution in [1.82, 2.24) is 10.2 Å². The summed E-state index contributed by atoms with van der Waals surface area (Å²) >= 11 is 0. The van der Waals surface area contributed by atoms with E-state index in [1.165, 1.54) is 51.6 Å². The molecule has 1 aliphatic heterocycles. The number of nitrogens with one attached hydrogen (secondary N) is 1. The molecule has 104 valence electrons. The van der Waals surface area contributed by atoms with Gasteiger partial charge in [-0.05, 0) is 38.5 Å². The summed E-state index contributed by atoms with van der Waals surface area (Å²) in [6.45, 7) is 5.78. The summed E-state index contributed by atoms with van der Waals surface area (Å²) in [5.74, 6) is 0.959. The lowest BCUT2D eigenvalue weighted by atomic mass is 9.91. The molecule has 2 aliphatic carbocycles. The zero-order chi connectivity index (χ0) is 12.6. The molecular weight excluding hydrogens is 224 g/mol. The van der Waals surface area contributed by atoms with Crippen molar-refractivity contribution >= 4 is 0 Å². The van der Waals surface area contributed by atoms with Gasteiger partial charge in [0, 0.05) is 38.3 Å². The van der Waals surface area contributed by atoms with Crippen molar-refractivity contribution in [3.8, 4) is 0 Å². The molecule has 18 heavy (non-hydrogen) atoms. The first kappa shape index (κ1) is 12.9. The molecule has 3 nitrogen and oxygen atoms in total. The fourth-order valence-electron chi connectivity index (χ4n) is 3.95. The van der Waals surface area contributed by atoms with Crippen LogP contribution in [0.5, 0.6) is 0 Å². The van der Waals surface area contributed by atoms with E-state index in [4.69, 9.17) is 4.74 Å². The Balaban J connectivity index is 1.67. The molecule has 0 aromatic heterocycles. The number of hydrogen-bond donors (Lipinski definition) is 1. The molecule has 3 fully saturated rings. The third-order valence-electron chi connectivity index (χ3n) is 5.28. The monoisotopic (exact) mass is 252 g/mol. The predicted molar refractivity (Wildman–Crippen MR) is 73.8 cm³/mol. The SMILES string of the molecule is COC(C)CN1CC2(CCCC2)NCC1C1CC1. The van der Waals surface area contributed by atoms with Gasteiger partial charge in [0.25, 0.3) is 0 Å². The van der Waals surface area contributed by atoms with Crippen molar-refractivity contribution in [2.75, 3.05) is 26.7 Å². The maximum atomic E-state index is 5.49. The number of ether oxygens (including phenoxy) is 1. The van der Waals surface area contributed by atoms with Crippen LogP contribution in [0.3, 0.4) is 0 Å². The zero-order valence-electron chi connectivity index (χ0n) is 12.0. The fraction of sp³-hybridized carbons (Fsp3) is 1.00. The Hall–Kier alpha value is -0.120. The molecule has 1 saturated heterocycles. The average Bonchev–Trinajstić information content (AvgIpc) is 3.11. The van der Waals surface area contributed by atoms with Crippen molar-refractivity contribution in [2.24, 2.45) is 5.92 Å². The van der Waals surface area contributed by atoms with Crippen LogP contribution >= 0.6 is 0 Å². The molecule has 1 spiro atoms. The molecule has 3 rings (SSSR count). The minimum atomic E-state index is 0.364. The number of hydrogen-bond acceptors (Lipinski definition) is 3. The molecule has 2 saturated carbocycles. The summed E-state index contributed by atoms with van der Waals surface area (Å²) in [5, 5.41) is 3.90. The number of rotatable bonds is 4. The summed E-state index contributed by atoms with van der Waals surface area (Å²) in [5.41, 5.74) is 0.443.